The number of rotatable bonds is 4. The Labute approximate surface area is 109 Å². The Morgan fingerprint density at radius 2 is 2.16 bits per heavy atom. The zero-order valence-electron chi connectivity index (χ0n) is 10.2. The molecule has 102 valence electrons. The lowest BCUT2D eigenvalue weighted by molar-refractivity contribution is -0.138. The fourth-order valence-corrected chi connectivity index (χ4v) is 1.35. The number of halogens is 3. The maximum atomic E-state index is 11.9. The summed E-state index contributed by atoms with van der Waals surface area (Å²) in [6, 6.07) is 5.91. The quantitative estimate of drug-likeness (QED) is 0.823. The molecule has 1 atom stereocenters. The van der Waals surface area contributed by atoms with E-state index in [-0.39, 0.29) is 0 Å². The molecule has 0 aromatic heterocycles. The van der Waals surface area contributed by atoms with Crippen LogP contribution in [0.25, 0.3) is 0 Å². The van der Waals surface area contributed by atoms with Crippen molar-refractivity contribution >= 4 is 11.6 Å². The van der Waals surface area contributed by atoms with Crippen LogP contribution < -0.4 is 10.6 Å². The molecule has 0 radical (unpaired) electrons. The van der Waals surface area contributed by atoms with Crippen LogP contribution in [-0.2, 0) is 4.79 Å². The van der Waals surface area contributed by atoms with E-state index in [0.717, 1.165) is 0 Å². The minimum absolute atomic E-state index is 0.574. The van der Waals surface area contributed by atoms with E-state index in [1.807, 2.05) is 0 Å². The third-order valence-corrected chi connectivity index (χ3v) is 2.27. The van der Waals surface area contributed by atoms with Gasteiger partial charge in [-0.05, 0) is 25.1 Å². The van der Waals surface area contributed by atoms with Gasteiger partial charge < -0.3 is 10.6 Å². The van der Waals surface area contributed by atoms with E-state index in [9.17, 15) is 18.0 Å². The molecular weight excluding hydrogens is 257 g/mol. The largest absolute Gasteiger partial charge is 0.405 e. The van der Waals surface area contributed by atoms with Gasteiger partial charge in [0.1, 0.15) is 12.6 Å². The molecule has 0 saturated heterocycles. The van der Waals surface area contributed by atoms with Gasteiger partial charge in [-0.15, -0.1) is 6.42 Å². The number of alkyl halides is 3. The topological polar surface area (TPSA) is 41.1 Å². The molecule has 6 heteroatoms. The van der Waals surface area contributed by atoms with Crippen LogP contribution in [0.15, 0.2) is 24.3 Å². The molecule has 1 aromatic rings. The lowest BCUT2D eigenvalue weighted by atomic mass is 10.2. The molecule has 1 rings (SSSR count). The highest BCUT2D eigenvalue weighted by Crippen LogP contribution is 2.13. The Morgan fingerprint density at radius 1 is 1.47 bits per heavy atom. The summed E-state index contributed by atoms with van der Waals surface area (Å²) in [7, 11) is 0. The number of hydrogen-bond acceptors (Lipinski definition) is 2. The molecule has 2 N–H and O–H groups in total. The molecule has 0 fully saturated rings. The van der Waals surface area contributed by atoms with Crippen LogP contribution in [0.4, 0.5) is 18.9 Å². The fourth-order valence-electron chi connectivity index (χ4n) is 1.35. The van der Waals surface area contributed by atoms with Crippen LogP contribution in [0.5, 0.6) is 0 Å². The van der Waals surface area contributed by atoms with Gasteiger partial charge in [-0.25, -0.2) is 0 Å². The Morgan fingerprint density at radius 3 is 2.74 bits per heavy atom. The molecule has 3 nitrogen and oxygen atoms in total. The van der Waals surface area contributed by atoms with Crippen molar-refractivity contribution in [2.75, 3.05) is 11.9 Å². The molecule has 1 aromatic carbocycles. The maximum Gasteiger partial charge on any atom is 0.405 e. The Bertz CT molecular complexity index is 491. The number of anilines is 1. The first-order chi connectivity index (χ1) is 8.81. The first kappa shape index (κ1) is 14.9. The van der Waals surface area contributed by atoms with Crippen LogP contribution >= 0.6 is 0 Å². The van der Waals surface area contributed by atoms with Crippen molar-refractivity contribution in [3.05, 3.63) is 29.8 Å². The van der Waals surface area contributed by atoms with Gasteiger partial charge in [0.05, 0.1) is 0 Å². The van der Waals surface area contributed by atoms with Gasteiger partial charge in [0.25, 0.3) is 0 Å². The number of terminal acetylenes is 1. The van der Waals surface area contributed by atoms with Crippen molar-refractivity contribution in [2.45, 2.75) is 19.1 Å². The smallest absolute Gasteiger partial charge is 0.374 e. The second kappa shape index (κ2) is 6.14. The molecule has 0 saturated carbocycles. The van der Waals surface area contributed by atoms with Crippen LogP contribution in [0.3, 0.4) is 0 Å². The summed E-state index contributed by atoms with van der Waals surface area (Å²) in [6.07, 6.45) is 0.805. The van der Waals surface area contributed by atoms with Gasteiger partial charge in [0.2, 0.25) is 5.91 Å². The van der Waals surface area contributed by atoms with Crippen molar-refractivity contribution in [1.29, 1.82) is 0 Å². The lowest BCUT2D eigenvalue weighted by Gasteiger charge is -2.16. The third kappa shape index (κ3) is 5.34. The van der Waals surface area contributed by atoms with Gasteiger partial charge in [-0.3, -0.25) is 4.79 Å². The predicted octanol–water partition coefficient (Wildman–Crippen LogP) is 2.15. The van der Waals surface area contributed by atoms with E-state index in [1.165, 1.54) is 6.92 Å². The molecule has 0 aliphatic heterocycles. The fraction of sp³-hybridized carbons (Fsp3) is 0.308. The van der Waals surface area contributed by atoms with E-state index in [1.54, 1.807) is 29.6 Å². The van der Waals surface area contributed by atoms with Crippen molar-refractivity contribution in [3.63, 3.8) is 0 Å². The number of benzene rings is 1. The Hall–Kier alpha value is -2.16. The number of nitrogens with one attached hydrogen (secondary N) is 2. The van der Waals surface area contributed by atoms with Gasteiger partial charge in [0.15, 0.2) is 0 Å². The van der Waals surface area contributed by atoms with E-state index < -0.39 is 24.7 Å². The lowest BCUT2D eigenvalue weighted by Crippen LogP contribution is -2.42. The number of hydrogen-bond donors (Lipinski definition) is 2. The summed E-state index contributed by atoms with van der Waals surface area (Å²) >= 11 is 0. The number of carbonyl (C=O) groups excluding carboxylic acids is 1. The highest BCUT2D eigenvalue weighted by molar-refractivity contribution is 5.84. The van der Waals surface area contributed by atoms with Crippen LogP contribution in [0.2, 0.25) is 0 Å². The summed E-state index contributed by atoms with van der Waals surface area (Å²) in [6.45, 7) is 0.122. The van der Waals surface area contributed by atoms with E-state index >= 15 is 0 Å². The molecule has 0 heterocycles. The maximum absolute atomic E-state index is 11.9. The van der Waals surface area contributed by atoms with Gasteiger partial charge in [-0.1, -0.05) is 12.0 Å². The second-order valence-corrected chi connectivity index (χ2v) is 3.92. The summed E-state index contributed by atoms with van der Waals surface area (Å²) in [4.78, 5) is 11.4. The van der Waals surface area contributed by atoms with E-state index in [0.29, 0.717) is 11.3 Å². The Kier molecular flexibility index (Phi) is 4.81. The molecular formula is C13H13F3N2O. The summed E-state index contributed by atoms with van der Waals surface area (Å²) in [5, 5.41) is 4.58. The van der Waals surface area contributed by atoms with Gasteiger partial charge in [0, 0.05) is 11.3 Å². The molecule has 0 aliphatic rings. The zero-order chi connectivity index (χ0) is 14.5. The molecule has 0 aliphatic carbocycles. The van der Waals surface area contributed by atoms with E-state index in [2.05, 4.69) is 11.2 Å². The van der Waals surface area contributed by atoms with Crippen LogP contribution in [-0.4, -0.2) is 24.7 Å². The minimum atomic E-state index is -4.42. The minimum Gasteiger partial charge on any atom is -0.374 e. The summed E-state index contributed by atoms with van der Waals surface area (Å²) < 4.78 is 35.8. The van der Waals surface area contributed by atoms with Gasteiger partial charge in [-0.2, -0.15) is 13.2 Å². The SMILES string of the molecule is C#Cc1cccc(NC(C)C(=O)NCC(F)(F)F)c1. The monoisotopic (exact) mass is 270 g/mol. The summed E-state index contributed by atoms with van der Waals surface area (Å²) in [5.41, 5.74) is 1.19. The first-order valence-electron chi connectivity index (χ1n) is 5.49. The van der Waals surface area contributed by atoms with Crippen molar-refractivity contribution in [2.24, 2.45) is 0 Å². The average Bonchev–Trinajstić information content (AvgIpc) is 2.35. The molecule has 1 unspecified atom stereocenters. The van der Waals surface area contributed by atoms with Crippen molar-refractivity contribution < 1.29 is 18.0 Å². The van der Waals surface area contributed by atoms with Crippen LogP contribution in [0, 0.1) is 12.3 Å². The second-order valence-electron chi connectivity index (χ2n) is 3.92. The average molecular weight is 270 g/mol. The standard InChI is InChI=1S/C13H13F3N2O/c1-3-10-5-4-6-11(7-10)18-9(2)12(19)17-8-13(14,15)16/h1,4-7,9,18H,8H2,2H3,(H,17,19). The van der Waals surface area contributed by atoms with Crippen molar-refractivity contribution in [3.8, 4) is 12.3 Å². The normalized spacial score (nSPS) is 12.4. The molecule has 1 amide bonds. The predicted molar refractivity (Wildman–Crippen MR) is 66.5 cm³/mol. The number of carbonyl (C=O) groups is 1. The summed E-state index contributed by atoms with van der Waals surface area (Å²) in [5.74, 6) is 1.69. The number of amides is 1. The van der Waals surface area contributed by atoms with E-state index in [4.69, 9.17) is 6.42 Å². The first-order valence-corrected chi connectivity index (χ1v) is 5.49. The molecule has 19 heavy (non-hydrogen) atoms. The zero-order valence-corrected chi connectivity index (χ0v) is 10.2. The molecule has 0 bridgehead atoms. The molecule has 0 spiro atoms. The highest BCUT2D eigenvalue weighted by atomic mass is 19.4. The highest BCUT2D eigenvalue weighted by Gasteiger charge is 2.28. The van der Waals surface area contributed by atoms with Crippen molar-refractivity contribution in [1.82, 2.24) is 5.32 Å². The Balaban J connectivity index is 2.56. The van der Waals surface area contributed by atoms with Gasteiger partial charge >= 0.3 is 6.18 Å². The third-order valence-electron chi connectivity index (χ3n) is 2.27. The van der Waals surface area contributed by atoms with Crippen LogP contribution in [0.1, 0.15) is 12.5 Å².